The number of pyridine rings is 1. The molecule has 1 aromatic heterocycles. The van der Waals surface area contributed by atoms with E-state index in [-0.39, 0.29) is 23.4 Å². The summed E-state index contributed by atoms with van der Waals surface area (Å²) in [5.41, 5.74) is 0.549. The number of benzene rings is 2. The topological polar surface area (TPSA) is 105 Å². The van der Waals surface area contributed by atoms with Gasteiger partial charge in [0.1, 0.15) is 11.4 Å². The third-order valence-electron chi connectivity index (χ3n) is 7.30. The molecule has 2 aromatic carbocycles. The zero-order valence-corrected chi connectivity index (χ0v) is 19.1. The van der Waals surface area contributed by atoms with Gasteiger partial charge in [0.25, 0.3) is 5.69 Å². The molecule has 4 heterocycles. The van der Waals surface area contributed by atoms with Crippen molar-refractivity contribution in [1.29, 1.82) is 0 Å². The van der Waals surface area contributed by atoms with Crippen molar-refractivity contribution in [2.75, 3.05) is 16.9 Å². The standard InChI is InChI=1S/C25H19FN4O4S/c26-16-5-8-19-18(10-16)25(24(32)28-19)22(23(31)15-2-1-9-27-11-15)21(20-12-35-13-29(20)25)14-3-6-17(7-4-14)30(33)34/h1-11,20-22H,12-13H2,(H,28,32)/t20-,21+,22-,25-/m0/s1. The van der Waals surface area contributed by atoms with E-state index in [0.717, 1.165) is 5.56 Å². The summed E-state index contributed by atoms with van der Waals surface area (Å²) in [6, 6.07) is 13.4. The van der Waals surface area contributed by atoms with Gasteiger partial charge in [-0.15, -0.1) is 11.8 Å². The molecule has 1 spiro atoms. The van der Waals surface area contributed by atoms with Crippen LogP contribution in [0.2, 0.25) is 0 Å². The minimum absolute atomic E-state index is 0.0553. The Bertz CT molecular complexity index is 1370. The second kappa shape index (κ2) is 7.96. The van der Waals surface area contributed by atoms with Gasteiger partial charge in [-0.25, -0.2) is 4.39 Å². The maximum absolute atomic E-state index is 14.5. The van der Waals surface area contributed by atoms with Crippen molar-refractivity contribution < 1.29 is 18.9 Å². The predicted molar refractivity (Wildman–Crippen MR) is 128 cm³/mol. The van der Waals surface area contributed by atoms with Crippen LogP contribution in [0.4, 0.5) is 15.8 Å². The highest BCUT2D eigenvalue weighted by molar-refractivity contribution is 7.99. The maximum Gasteiger partial charge on any atom is 0.269 e. The van der Waals surface area contributed by atoms with Crippen LogP contribution < -0.4 is 5.32 Å². The van der Waals surface area contributed by atoms with Crippen molar-refractivity contribution in [2.24, 2.45) is 5.92 Å². The highest BCUT2D eigenvalue weighted by Crippen LogP contribution is 2.61. The molecule has 0 bridgehead atoms. The molecule has 10 heteroatoms. The number of anilines is 1. The second-order valence-electron chi connectivity index (χ2n) is 8.91. The number of Topliss-reactive ketones (excluding diaryl/α,β-unsaturated/α-hetero) is 1. The number of nitrogens with zero attached hydrogens (tertiary/aromatic N) is 3. The van der Waals surface area contributed by atoms with Crippen molar-refractivity contribution in [3.63, 3.8) is 0 Å². The SMILES string of the molecule is O=C(c1cccnc1)[C@@H]1[C@H](c2ccc([N+](=O)[O-])cc2)[C@@H]2CSCN2[C@]12C(=O)Nc1ccc(F)cc12. The first-order valence-electron chi connectivity index (χ1n) is 11.1. The monoisotopic (exact) mass is 490 g/mol. The van der Waals surface area contributed by atoms with E-state index in [2.05, 4.69) is 10.3 Å². The Balaban J connectivity index is 1.60. The maximum atomic E-state index is 14.5. The van der Waals surface area contributed by atoms with Gasteiger partial charge < -0.3 is 5.32 Å². The number of ketones is 1. The van der Waals surface area contributed by atoms with Crippen LogP contribution in [0.3, 0.4) is 0 Å². The van der Waals surface area contributed by atoms with Crippen LogP contribution in [-0.2, 0) is 10.3 Å². The van der Waals surface area contributed by atoms with Gasteiger partial charge in [-0.05, 0) is 35.9 Å². The number of rotatable bonds is 4. The summed E-state index contributed by atoms with van der Waals surface area (Å²) < 4.78 is 14.5. The third kappa shape index (κ3) is 3.06. The Morgan fingerprint density at radius 1 is 1.23 bits per heavy atom. The Labute approximate surface area is 203 Å². The minimum atomic E-state index is -1.41. The first-order valence-corrected chi connectivity index (χ1v) is 12.2. The molecule has 35 heavy (non-hydrogen) atoms. The molecule has 176 valence electrons. The van der Waals surface area contributed by atoms with E-state index >= 15 is 0 Å². The number of fused-ring (bicyclic) bond motifs is 4. The molecule has 3 aromatic rings. The van der Waals surface area contributed by atoms with Gasteiger partial charge in [0.15, 0.2) is 5.78 Å². The Morgan fingerprint density at radius 3 is 2.74 bits per heavy atom. The Hall–Kier alpha value is -3.63. The number of aromatic nitrogens is 1. The summed E-state index contributed by atoms with van der Waals surface area (Å²) >= 11 is 1.64. The van der Waals surface area contributed by atoms with Gasteiger partial charge in [-0.3, -0.25) is 29.6 Å². The van der Waals surface area contributed by atoms with Gasteiger partial charge >= 0.3 is 0 Å². The molecule has 4 atom stereocenters. The number of nitrogens with one attached hydrogen (secondary N) is 1. The highest BCUT2D eigenvalue weighted by atomic mass is 32.2. The lowest BCUT2D eigenvalue weighted by Gasteiger charge is -2.36. The number of thioether (sulfide) groups is 1. The zero-order valence-electron chi connectivity index (χ0n) is 18.3. The molecular weight excluding hydrogens is 471 g/mol. The van der Waals surface area contributed by atoms with Crippen LogP contribution in [0.25, 0.3) is 0 Å². The minimum Gasteiger partial charge on any atom is -0.324 e. The van der Waals surface area contributed by atoms with E-state index in [1.807, 2.05) is 4.90 Å². The Morgan fingerprint density at radius 2 is 2.03 bits per heavy atom. The zero-order chi connectivity index (χ0) is 24.3. The third-order valence-corrected chi connectivity index (χ3v) is 8.34. The number of non-ortho nitro benzene ring substituents is 1. The van der Waals surface area contributed by atoms with Crippen LogP contribution in [-0.4, -0.2) is 44.2 Å². The van der Waals surface area contributed by atoms with E-state index in [9.17, 15) is 24.1 Å². The van der Waals surface area contributed by atoms with Crippen molar-refractivity contribution in [1.82, 2.24) is 9.88 Å². The summed E-state index contributed by atoms with van der Waals surface area (Å²) in [6.45, 7) is 0. The molecule has 1 amide bonds. The van der Waals surface area contributed by atoms with Crippen LogP contribution in [0.5, 0.6) is 0 Å². The van der Waals surface area contributed by atoms with E-state index < -0.39 is 28.1 Å². The summed E-state index contributed by atoms with van der Waals surface area (Å²) in [5, 5.41) is 14.1. The fourth-order valence-corrected chi connectivity index (χ4v) is 7.25. The average molecular weight is 491 g/mol. The van der Waals surface area contributed by atoms with Crippen LogP contribution in [0.1, 0.15) is 27.4 Å². The number of hydrogen-bond donors (Lipinski definition) is 1. The Kier molecular flexibility index (Phi) is 4.97. The first kappa shape index (κ1) is 21.9. The second-order valence-corrected chi connectivity index (χ2v) is 9.91. The van der Waals surface area contributed by atoms with Crippen molar-refractivity contribution >= 4 is 34.8 Å². The van der Waals surface area contributed by atoms with E-state index in [1.54, 1.807) is 42.2 Å². The van der Waals surface area contributed by atoms with Gasteiger partial charge in [0, 0.05) is 64.9 Å². The molecule has 2 saturated heterocycles. The predicted octanol–water partition coefficient (Wildman–Crippen LogP) is 3.95. The van der Waals surface area contributed by atoms with E-state index in [4.69, 9.17) is 0 Å². The van der Waals surface area contributed by atoms with E-state index in [1.165, 1.54) is 36.5 Å². The largest absolute Gasteiger partial charge is 0.324 e. The number of nitro benzene ring substituents is 1. The smallest absolute Gasteiger partial charge is 0.269 e. The molecule has 1 N–H and O–H groups in total. The van der Waals surface area contributed by atoms with Crippen molar-refractivity contribution in [3.8, 4) is 0 Å². The number of halogens is 1. The molecule has 2 fully saturated rings. The number of amides is 1. The molecule has 3 aliphatic rings. The normalized spacial score (nSPS) is 27.0. The lowest BCUT2D eigenvalue weighted by atomic mass is 9.69. The first-order chi connectivity index (χ1) is 16.9. The molecule has 0 aliphatic carbocycles. The van der Waals surface area contributed by atoms with Crippen LogP contribution >= 0.6 is 11.8 Å². The van der Waals surface area contributed by atoms with Crippen LogP contribution in [0, 0.1) is 21.8 Å². The number of carbonyl (C=O) groups is 2. The fourth-order valence-electron chi connectivity index (χ4n) is 5.93. The molecular formula is C25H19FN4O4S. The quantitative estimate of drug-likeness (QED) is 0.335. The molecule has 8 nitrogen and oxygen atoms in total. The summed E-state index contributed by atoms with van der Waals surface area (Å²) in [7, 11) is 0. The van der Waals surface area contributed by atoms with Crippen LogP contribution in [0.15, 0.2) is 67.0 Å². The molecule has 0 saturated carbocycles. The molecule has 6 rings (SSSR count). The summed E-state index contributed by atoms with van der Waals surface area (Å²) in [6.07, 6.45) is 3.04. The number of hydrogen-bond acceptors (Lipinski definition) is 7. The van der Waals surface area contributed by atoms with Crippen molar-refractivity contribution in [3.05, 3.63) is 99.6 Å². The highest BCUT2D eigenvalue weighted by Gasteiger charge is 2.69. The number of carbonyl (C=O) groups excluding carboxylic acids is 2. The van der Waals surface area contributed by atoms with Gasteiger partial charge in [0.2, 0.25) is 5.91 Å². The van der Waals surface area contributed by atoms with Gasteiger partial charge in [0.05, 0.1) is 10.8 Å². The summed E-state index contributed by atoms with van der Waals surface area (Å²) in [5.74, 6) is -1.30. The summed E-state index contributed by atoms with van der Waals surface area (Å²) in [4.78, 5) is 44.9. The fraction of sp³-hybridized carbons (Fsp3) is 0.240. The lowest BCUT2D eigenvalue weighted by Crippen LogP contribution is -2.52. The number of nitro groups is 1. The van der Waals surface area contributed by atoms with Crippen molar-refractivity contribution in [2.45, 2.75) is 17.5 Å². The van der Waals surface area contributed by atoms with E-state index in [0.29, 0.717) is 28.4 Å². The molecule has 3 aliphatic heterocycles. The van der Waals surface area contributed by atoms with Gasteiger partial charge in [-0.2, -0.15) is 0 Å². The van der Waals surface area contributed by atoms with Gasteiger partial charge in [-0.1, -0.05) is 12.1 Å². The average Bonchev–Trinajstić information content (AvgIpc) is 3.53. The molecule has 0 unspecified atom stereocenters. The lowest BCUT2D eigenvalue weighted by molar-refractivity contribution is -0.384. The molecule has 0 radical (unpaired) electrons.